The van der Waals surface area contributed by atoms with E-state index in [9.17, 15) is 9.59 Å². The molecule has 6 heteroatoms. The number of aliphatic carboxylic acids is 1. The van der Waals surface area contributed by atoms with E-state index in [1.807, 2.05) is 35.2 Å². The zero-order valence-electron chi connectivity index (χ0n) is 11.3. The fraction of sp³-hybridized carbons (Fsp3) is 0.267. The summed E-state index contributed by atoms with van der Waals surface area (Å²) in [6.45, 7) is 1.29. The first-order valence-electron chi connectivity index (χ1n) is 6.72. The largest absolute Gasteiger partial charge is 0.481 e. The number of nitrogens with zero attached hydrogens (tertiary/aromatic N) is 3. The number of carboxylic acids is 1. The van der Waals surface area contributed by atoms with Crippen LogP contribution in [0.1, 0.15) is 5.56 Å². The minimum Gasteiger partial charge on any atom is -0.481 e. The first-order chi connectivity index (χ1) is 10.1. The molecule has 0 saturated carbocycles. The van der Waals surface area contributed by atoms with Crippen LogP contribution in [0.4, 0.5) is 5.69 Å². The molecule has 6 nitrogen and oxygen atoms in total. The van der Waals surface area contributed by atoms with E-state index in [1.54, 1.807) is 6.20 Å². The van der Waals surface area contributed by atoms with Crippen molar-refractivity contribution < 1.29 is 9.90 Å². The summed E-state index contributed by atoms with van der Waals surface area (Å²) in [6, 6.07) is 11.1. The maximum Gasteiger partial charge on any atom is 0.310 e. The molecule has 1 aromatic heterocycles. The molecule has 1 aromatic carbocycles. The topological polar surface area (TPSA) is 75.4 Å². The van der Waals surface area contributed by atoms with E-state index in [0.717, 1.165) is 5.56 Å². The second-order valence-electron chi connectivity index (χ2n) is 5.14. The van der Waals surface area contributed by atoms with Crippen molar-refractivity contribution in [3.05, 3.63) is 58.5 Å². The van der Waals surface area contributed by atoms with Crippen LogP contribution in [-0.4, -0.2) is 33.9 Å². The second-order valence-corrected chi connectivity index (χ2v) is 5.14. The molecular weight excluding hydrogens is 270 g/mol. The zero-order chi connectivity index (χ0) is 14.8. The molecule has 0 bridgehead atoms. The third-order valence-electron chi connectivity index (χ3n) is 3.63. The minimum atomic E-state index is -0.795. The Morgan fingerprint density at radius 3 is 2.62 bits per heavy atom. The van der Waals surface area contributed by atoms with Gasteiger partial charge in [-0.1, -0.05) is 30.3 Å². The first kappa shape index (κ1) is 13.4. The Balaban J connectivity index is 1.72. The summed E-state index contributed by atoms with van der Waals surface area (Å²) in [5.74, 6) is -1.15. The van der Waals surface area contributed by atoms with Gasteiger partial charge in [-0.05, 0) is 5.56 Å². The number of carboxylic acid groups (broad SMARTS) is 1. The fourth-order valence-corrected chi connectivity index (χ4v) is 2.32. The Morgan fingerprint density at radius 2 is 2.00 bits per heavy atom. The number of benzene rings is 1. The number of anilines is 1. The maximum absolute atomic E-state index is 12.1. The lowest BCUT2D eigenvalue weighted by Gasteiger charge is -2.38. The lowest BCUT2D eigenvalue weighted by atomic mass is 10.0. The molecule has 0 unspecified atom stereocenters. The van der Waals surface area contributed by atoms with Crippen LogP contribution >= 0.6 is 0 Å². The first-order valence-corrected chi connectivity index (χ1v) is 6.72. The van der Waals surface area contributed by atoms with Crippen molar-refractivity contribution in [2.75, 3.05) is 18.0 Å². The lowest BCUT2D eigenvalue weighted by Crippen LogP contribution is -2.50. The summed E-state index contributed by atoms with van der Waals surface area (Å²) in [5.41, 5.74) is 1.51. The highest BCUT2D eigenvalue weighted by Gasteiger charge is 2.32. The molecular formula is C15H15N3O3. The Bertz CT molecular complexity index is 706. The predicted molar refractivity (Wildman–Crippen MR) is 77.4 cm³/mol. The van der Waals surface area contributed by atoms with Crippen LogP contribution in [0.5, 0.6) is 0 Å². The quantitative estimate of drug-likeness (QED) is 0.900. The molecule has 108 valence electrons. The molecule has 1 N–H and O–H groups in total. The molecule has 0 radical (unpaired) electrons. The Kier molecular flexibility index (Phi) is 3.43. The highest BCUT2D eigenvalue weighted by molar-refractivity contribution is 5.74. The van der Waals surface area contributed by atoms with Gasteiger partial charge in [0.2, 0.25) is 0 Å². The van der Waals surface area contributed by atoms with E-state index in [1.165, 1.54) is 10.7 Å². The Labute approximate surface area is 121 Å². The van der Waals surface area contributed by atoms with Crippen LogP contribution in [0.3, 0.4) is 0 Å². The zero-order valence-corrected chi connectivity index (χ0v) is 11.3. The van der Waals surface area contributed by atoms with Crippen molar-refractivity contribution in [3.8, 4) is 0 Å². The van der Waals surface area contributed by atoms with Gasteiger partial charge in [-0.2, -0.15) is 5.10 Å². The van der Waals surface area contributed by atoms with Crippen LogP contribution in [0.2, 0.25) is 0 Å². The summed E-state index contributed by atoms with van der Waals surface area (Å²) in [5, 5.41) is 13.0. The van der Waals surface area contributed by atoms with Gasteiger partial charge in [0.05, 0.1) is 24.3 Å². The van der Waals surface area contributed by atoms with E-state index in [-0.39, 0.29) is 11.5 Å². The van der Waals surface area contributed by atoms with Crippen molar-refractivity contribution in [3.63, 3.8) is 0 Å². The fourth-order valence-electron chi connectivity index (χ4n) is 2.32. The van der Waals surface area contributed by atoms with Gasteiger partial charge in [0.25, 0.3) is 5.56 Å². The number of hydrogen-bond acceptors (Lipinski definition) is 4. The van der Waals surface area contributed by atoms with Gasteiger partial charge in [0.1, 0.15) is 0 Å². The molecule has 0 atom stereocenters. The Morgan fingerprint density at radius 1 is 1.29 bits per heavy atom. The maximum atomic E-state index is 12.1. The summed E-state index contributed by atoms with van der Waals surface area (Å²) in [6.07, 6.45) is 1.61. The molecule has 1 aliphatic heterocycles. The normalized spacial score (nSPS) is 14.8. The summed E-state index contributed by atoms with van der Waals surface area (Å²) in [7, 11) is 0. The SMILES string of the molecule is O=C(O)C1CN(c2cnn(Cc3ccccc3)c(=O)c2)C1. The molecule has 2 heterocycles. The number of rotatable bonds is 4. The third-order valence-corrected chi connectivity index (χ3v) is 3.63. The molecule has 1 fully saturated rings. The standard InChI is InChI=1S/C15H15N3O3/c19-14-6-13(17-9-12(10-17)15(20)21)7-16-18(14)8-11-4-2-1-3-5-11/h1-7,12H,8-10H2,(H,20,21). The van der Waals surface area contributed by atoms with Crippen LogP contribution in [0.15, 0.2) is 47.4 Å². The highest BCUT2D eigenvalue weighted by Crippen LogP contribution is 2.22. The van der Waals surface area contributed by atoms with Gasteiger partial charge in [0.15, 0.2) is 0 Å². The Hall–Kier alpha value is -2.63. The van der Waals surface area contributed by atoms with Gasteiger partial charge in [0, 0.05) is 19.2 Å². The lowest BCUT2D eigenvalue weighted by molar-refractivity contribution is -0.142. The van der Waals surface area contributed by atoms with Crippen molar-refractivity contribution in [2.45, 2.75) is 6.54 Å². The van der Waals surface area contributed by atoms with E-state index < -0.39 is 5.97 Å². The smallest absolute Gasteiger partial charge is 0.310 e. The van der Waals surface area contributed by atoms with Crippen LogP contribution in [0, 0.1) is 5.92 Å². The van der Waals surface area contributed by atoms with Gasteiger partial charge < -0.3 is 10.0 Å². The highest BCUT2D eigenvalue weighted by atomic mass is 16.4. The van der Waals surface area contributed by atoms with Crippen molar-refractivity contribution in [1.82, 2.24) is 9.78 Å². The average molecular weight is 285 g/mol. The summed E-state index contributed by atoms with van der Waals surface area (Å²) in [4.78, 5) is 24.7. The van der Waals surface area contributed by atoms with Crippen LogP contribution < -0.4 is 10.5 Å². The average Bonchev–Trinajstić information content (AvgIpc) is 2.41. The minimum absolute atomic E-state index is 0.185. The van der Waals surface area contributed by atoms with E-state index in [0.29, 0.717) is 25.3 Å². The summed E-state index contributed by atoms with van der Waals surface area (Å²) >= 11 is 0. The number of hydrogen-bond donors (Lipinski definition) is 1. The van der Waals surface area contributed by atoms with Crippen molar-refractivity contribution >= 4 is 11.7 Å². The summed E-state index contributed by atoms with van der Waals surface area (Å²) < 4.78 is 1.40. The monoisotopic (exact) mass is 285 g/mol. The molecule has 1 saturated heterocycles. The number of carbonyl (C=O) groups is 1. The van der Waals surface area contributed by atoms with E-state index in [2.05, 4.69) is 5.10 Å². The van der Waals surface area contributed by atoms with Gasteiger partial charge in [-0.3, -0.25) is 9.59 Å². The van der Waals surface area contributed by atoms with Gasteiger partial charge >= 0.3 is 5.97 Å². The molecule has 3 rings (SSSR count). The molecule has 1 aliphatic rings. The van der Waals surface area contributed by atoms with Gasteiger partial charge in [-0.15, -0.1) is 0 Å². The van der Waals surface area contributed by atoms with E-state index in [4.69, 9.17) is 5.11 Å². The van der Waals surface area contributed by atoms with Crippen LogP contribution in [-0.2, 0) is 11.3 Å². The predicted octanol–water partition coefficient (Wildman–Crippen LogP) is 0.812. The van der Waals surface area contributed by atoms with Gasteiger partial charge in [-0.25, -0.2) is 4.68 Å². The molecule has 0 aliphatic carbocycles. The molecule has 21 heavy (non-hydrogen) atoms. The third kappa shape index (κ3) is 2.79. The van der Waals surface area contributed by atoms with Crippen molar-refractivity contribution in [1.29, 1.82) is 0 Å². The van der Waals surface area contributed by atoms with Crippen molar-refractivity contribution in [2.24, 2.45) is 5.92 Å². The second kappa shape index (κ2) is 5.40. The van der Waals surface area contributed by atoms with Crippen LogP contribution in [0.25, 0.3) is 0 Å². The molecule has 0 spiro atoms. The molecule has 0 amide bonds. The van der Waals surface area contributed by atoms with E-state index >= 15 is 0 Å². The molecule has 2 aromatic rings. The number of aromatic nitrogens is 2.